The summed E-state index contributed by atoms with van der Waals surface area (Å²) < 4.78 is 5.28. The van der Waals surface area contributed by atoms with Crippen LogP contribution in [0.2, 0.25) is 0 Å². The topological polar surface area (TPSA) is 42.1 Å². The van der Waals surface area contributed by atoms with Gasteiger partial charge in [0, 0.05) is 32.8 Å². The molecule has 23 heavy (non-hydrogen) atoms. The summed E-state index contributed by atoms with van der Waals surface area (Å²) in [5, 5.41) is 0. The van der Waals surface area contributed by atoms with Crippen LogP contribution in [0.15, 0.2) is 24.4 Å². The Bertz CT molecular complexity index is 813. The normalized spacial score (nSPS) is 24.7. The van der Waals surface area contributed by atoms with Gasteiger partial charge in [0.2, 0.25) is 0 Å². The van der Waals surface area contributed by atoms with Crippen molar-refractivity contribution in [3.8, 4) is 0 Å². The van der Waals surface area contributed by atoms with E-state index in [2.05, 4.69) is 37.0 Å². The number of rotatable bonds is 3. The number of aryl methyl sites for hydroxylation is 2. The fourth-order valence-electron chi connectivity index (χ4n) is 4.32. The highest BCUT2D eigenvalue weighted by Crippen LogP contribution is 2.55. The summed E-state index contributed by atoms with van der Waals surface area (Å²) in [6.45, 7) is 6.59. The predicted molar refractivity (Wildman–Crippen MR) is 92.4 cm³/mol. The highest BCUT2D eigenvalue weighted by Gasteiger charge is 2.47. The lowest BCUT2D eigenvalue weighted by molar-refractivity contribution is 0.0517. The molecular weight excluding hydrogens is 306 g/mol. The van der Waals surface area contributed by atoms with Crippen LogP contribution in [0.3, 0.4) is 0 Å². The molecule has 120 valence electrons. The average molecular weight is 327 g/mol. The van der Waals surface area contributed by atoms with Crippen LogP contribution in [0.4, 0.5) is 0 Å². The Hall–Kier alpha value is -1.81. The van der Waals surface area contributed by atoms with Gasteiger partial charge in [0.15, 0.2) is 0 Å². The molecule has 2 bridgehead atoms. The summed E-state index contributed by atoms with van der Waals surface area (Å²) in [5.74, 6) is 0.185. The maximum Gasteiger partial charge on any atom is 0.355 e. The Morgan fingerprint density at radius 3 is 2.91 bits per heavy atom. The van der Waals surface area contributed by atoms with E-state index in [4.69, 9.17) is 4.74 Å². The first-order valence-electron chi connectivity index (χ1n) is 8.22. The van der Waals surface area contributed by atoms with Gasteiger partial charge in [0.25, 0.3) is 0 Å². The van der Waals surface area contributed by atoms with E-state index in [0.29, 0.717) is 18.2 Å². The van der Waals surface area contributed by atoms with Gasteiger partial charge in [-0.1, -0.05) is 12.2 Å². The minimum atomic E-state index is -0.237. The summed E-state index contributed by atoms with van der Waals surface area (Å²) in [6.07, 6.45) is 8.86. The van der Waals surface area contributed by atoms with Gasteiger partial charge in [0.05, 0.1) is 6.61 Å². The lowest BCUT2D eigenvalue weighted by Crippen LogP contribution is -2.36. The smallest absolute Gasteiger partial charge is 0.355 e. The van der Waals surface area contributed by atoms with Crippen molar-refractivity contribution in [2.45, 2.75) is 44.9 Å². The quantitative estimate of drug-likeness (QED) is 0.661. The van der Waals surface area contributed by atoms with E-state index in [1.54, 1.807) is 0 Å². The highest BCUT2D eigenvalue weighted by atomic mass is 32.1. The molecule has 1 N–H and O–H groups in total. The van der Waals surface area contributed by atoms with Gasteiger partial charge in [-0.25, -0.2) is 4.79 Å². The molecular formula is C19H21NO2S. The fourth-order valence-corrected chi connectivity index (χ4v) is 5.33. The van der Waals surface area contributed by atoms with Crippen molar-refractivity contribution < 1.29 is 9.53 Å². The Balaban J connectivity index is 1.94. The fraction of sp³-hybridized carbons (Fsp3) is 0.421. The Morgan fingerprint density at radius 2 is 2.30 bits per heavy atom. The SMILES string of the molecule is CCOC(=O)c1[nH]cc2c1C1(c3cc(C)sc3C)C=CC2CC1. The molecule has 0 aromatic carbocycles. The summed E-state index contributed by atoms with van der Waals surface area (Å²) >= 11 is 1.84. The number of aromatic amines is 1. The molecule has 0 saturated carbocycles. The van der Waals surface area contributed by atoms with E-state index >= 15 is 0 Å². The molecule has 2 unspecified atom stereocenters. The number of ether oxygens (including phenoxy) is 1. The van der Waals surface area contributed by atoms with Crippen LogP contribution in [-0.2, 0) is 10.2 Å². The van der Waals surface area contributed by atoms with E-state index in [0.717, 1.165) is 18.4 Å². The van der Waals surface area contributed by atoms with Crippen LogP contribution < -0.4 is 0 Å². The van der Waals surface area contributed by atoms with E-state index in [1.807, 2.05) is 24.5 Å². The first kappa shape index (κ1) is 14.8. The van der Waals surface area contributed by atoms with Crippen molar-refractivity contribution in [3.63, 3.8) is 0 Å². The molecule has 0 fully saturated rings. The monoisotopic (exact) mass is 327 g/mol. The number of fused-ring (bicyclic) bond motifs is 1. The first-order chi connectivity index (χ1) is 11.1. The van der Waals surface area contributed by atoms with Gasteiger partial charge in [0.1, 0.15) is 5.69 Å². The van der Waals surface area contributed by atoms with Crippen LogP contribution in [0.1, 0.15) is 62.6 Å². The third kappa shape index (κ3) is 1.97. The first-order valence-corrected chi connectivity index (χ1v) is 9.04. The Morgan fingerprint density at radius 1 is 1.48 bits per heavy atom. The lowest BCUT2D eigenvalue weighted by atomic mass is 9.59. The number of allylic oxidation sites excluding steroid dienone is 2. The van der Waals surface area contributed by atoms with Crippen molar-refractivity contribution in [2.75, 3.05) is 6.61 Å². The molecule has 2 aromatic heterocycles. The molecule has 0 saturated heterocycles. The second-order valence-corrected chi connectivity index (χ2v) is 7.98. The van der Waals surface area contributed by atoms with Gasteiger partial charge >= 0.3 is 5.97 Å². The number of hydrogen-bond acceptors (Lipinski definition) is 3. The van der Waals surface area contributed by atoms with Crippen molar-refractivity contribution in [3.05, 3.63) is 56.6 Å². The molecule has 3 nitrogen and oxygen atoms in total. The van der Waals surface area contributed by atoms with Crippen LogP contribution in [-0.4, -0.2) is 17.6 Å². The molecule has 4 heteroatoms. The molecule has 0 aliphatic heterocycles. The van der Waals surface area contributed by atoms with Crippen LogP contribution in [0, 0.1) is 13.8 Å². The summed E-state index contributed by atoms with van der Waals surface area (Å²) in [6, 6.07) is 2.29. The standard InChI is InChI=1S/C19H21NO2S/c1-4-22-18(21)17-16-14(10-20-17)13-5-7-19(16,8-6-13)15-9-11(2)23-12(15)3/h5,7,9-10,13,20H,4,6,8H2,1-3H3. The van der Waals surface area contributed by atoms with Gasteiger partial charge in [-0.05, 0) is 50.8 Å². The maximum absolute atomic E-state index is 12.4. The Kier molecular flexibility index (Phi) is 3.27. The third-order valence-electron chi connectivity index (χ3n) is 5.22. The molecule has 2 atom stereocenters. The zero-order valence-electron chi connectivity index (χ0n) is 13.7. The van der Waals surface area contributed by atoms with Crippen molar-refractivity contribution in [2.24, 2.45) is 0 Å². The molecule has 2 heterocycles. The number of nitrogens with one attached hydrogen (secondary N) is 1. The number of carbonyl (C=O) groups is 1. The molecule has 3 aliphatic rings. The van der Waals surface area contributed by atoms with Crippen LogP contribution >= 0.6 is 11.3 Å². The summed E-state index contributed by atoms with van der Waals surface area (Å²) in [5.41, 5.74) is 4.22. The van der Waals surface area contributed by atoms with Crippen molar-refractivity contribution in [1.29, 1.82) is 0 Å². The zero-order chi connectivity index (χ0) is 16.2. The van der Waals surface area contributed by atoms with Gasteiger partial charge < -0.3 is 9.72 Å². The van der Waals surface area contributed by atoms with Gasteiger partial charge in [-0.3, -0.25) is 0 Å². The van der Waals surface area contributed by atoms with E-state index < -0.39 is 0 Å². The van der Waals surface area contributed by atoms with Crippen LogP contribution in [0.25, 0.3) is 0 Å². The van der Waals surface area contributed by atoms with E-state index in [9.17, 15) is 4.79 Å². The highest BCUT2D eigenvalue weighted by molar-refractivity contribution is 7.12. The molecule has 0 spiro atoms. The number of H-pyrrole nitrogens is 1. The van der Waals surface area contributed by atoms with Crippen LogP contribution in [0.5, 0.6) is 0 Å². The van der Waals surface area contributed by atoms with E-state index in [-0.39, 0.29) is 11.4 Å². The predicted octanol–water partition coefficient (Wildman–Crippen LogP) is 4.60. The Labute approximate surface area is 140 Å². The second-order valence-electron chi connectivity index (χ2n) is 6.52. The van der Waals surface area contributed by atoms with E-state index in [1.165, 1.54) is 20.9 Å². The number of hydrogen-bond donors (Lipinski definition) is 1. The zero-order valence-corrected chi connectivity index (χ0v) is 14.5. The molecule has 2 aromatic rings. The average Bonchev–Trinajstić information content (AvgIpc) is 3.14. The van der Waals surface area contributed by atoms with Gasteiger partial charge in [-0.15, -0.1) is 11.3 Å². The molecule has 5 rings (SSSR count). The lowest BCUT2D eigenvalue weighted by Gasteiger charge is -2.43. The molecule has 0 amide bonds. The number of carbonyl (C=O) groups excluding carboxylic acids is 1. The summed E-state index contributed by atoms with van der Waals surface area (Å²) in [7, 11) is 0. The summed E-state index contributed by atoms with van der Waals surface area (Å²) in [4.78, 5) is 18.3. The molecule has 0 radical (unpaired) electrons. The van der Waals surface area contributed by atoms with Crippen molar-refractivity contribution >= 4 is 17.3 Å². The number of esters is 1. The largest absolute Gasteiger partial charge is 0.461 e. The number of aromatic nitrogens is 1. The molecule has 3 aliphatic carbocycles. The minimum absolute atomic E-state index is 0.180. The van der Waals surface area contributed by atoms with Crippen molar-refractivity contribution in [1.82, 2.24) is 4.98 Å². The van der Waals surface area contributed by atoms with Gasteiger partial charge in [-0.2, -0.15) is 0 Å². The second kappa shape index (κ2) is 5.10. The number of thiophene rings is 1. The third-order valence-corrected chi connectivity index (χ3v) is 6.19. The minimum Gasteiger partial charge on any atom is -0.461 e. The maximum atomic E-state index is 12.4.